The molecule has 3 nitrogen and oxygen atoms in total. The summed E-state index contributed by atoms with van der Waals surface area (Å²) in [6.07, 6.45) is 6.30. The highest BCUT2D eigenvalue weighted by atomic mass is 16.5. The van der Waals surface area contributed by atoms with Crippen molar-refractivity contribution in [3.8, 4) is 0 Å². The Morgan fingerprint density at radius 2 is 2.14 bits per heavy atom. The maximum absolute atomic E-state index is 11.1. The smallest absolute Gasteiger partial charge is 0.309 e. The van der Waals surface area contributed by atoms with Gasteiger partial charge in [0.1, 0.15) is 0 Å². The van der Waals surface area contributed by atoms with Crippen LogP contribution < -0.4 is 0 Å². The van der Waals surface area contributed by atoms with Crippen molar-refractivity contribution in [1.82, 2.24) is 0 Å². The summed E-state index contributed by atoms with van der Waals surface area (Å²) in [6, 6.07) is 0. The zero-order valence-electron chi connectivity index (χ0n) is 8.66. The van der Waals surface area contributed by atoms with Gasteiger partial charge in [-0.3, -0.25) is 4.79 Å². The molecule has 2 rings (SSSR count). The first-order valence-electron chi connectivity index (χ1n) is 5.45. The van der Waals surface area contributed by atoms with Gasteiger partial charge in [0, 0.05) is 7.11 Å². The van der Waals surface area contributed by atoms with Crippen LogP contribution >= 0.6 is 0 Å². The van der Waals surface area contributed by atoms with Crippen LogP contribution in [-0.2, 0) is 9.53 Å². The normalized spacial score (nSPS) is 35.2. The van der Waals surface area contributed by atoms with Gasteiger partial charge in [0.2, 0.25) is 0 Å². The summed E-state index contributed by atoms with van der Waals surface area (Å²) < 4.78 is 5.33. The van der Waals surface area contributed by atoms with Gasteiger partial charge < -0.3 is 9.84 Å². The third kappa shape index (κ3) is 1.54. The third-order valence-electron chi connectivity index (χ3n) is 3.96. The Balaban J connectivity index is 2.00. The minimum atomic E-state index is -0.584. The van der Waals surface area contributed by atoms with E-state index in [1.807, 2.05) is 0 Å². The van der Waals surface area contributed by atoms with Crippen LogP contribution in [0.2, 0.25) is 0 Å². The number of aliphatic carboxylic acids is 1. The highest BCUT2D eigenvalue weighted by Crippen LogP contribution is 2.56. The van der Waals surface area contributed by atoms with Gasteiger partial charge in [-0.05, 0) is 38.0 Å². The Bertz CT molecular complexity index is 233. The lowest BCUT2D eigenvalue weighted by Gasteiger charge is -2.32. The Morgan fingerprint density at radius 1 is 1.43 bits per heavy atom. The number of hydrogen-bond donors (Lipinski definition) is 1. The van der Waals surface area contributed by atoms with Gasteiger partial charge in [0.05, 0.1) is 11.5 Å². The molecule has 2 aliphatic rings. The van der Waals surface area contributed by atoms with E-state index in [1.54, 1.807) is 7.11 Å². The molecule has 0 spiro atoms. The first-order valence-corrected chi connectivity index (χ1v) is 5.45. The van der Waals surface area contributed by atoms with Crippen LogP contribution in [0.4, 0.5) is 0 Å². The summed E-state index contributed by atoms with van der Waals surface area (Å²) in [7, 11) is 1.73. The van der Waals surface area contributed by atoms with Crippen molar-refractivity contribution in [3.05, 3.63) is 0 Å². The molecule has 2 saturated carbocycles. The fraction of sp³-hybridized carbons (Fsp3) is 0.909. The topological polar surface area (TPSA) is 46.5 Å². The highest BCUT2D eigenvalue weighted by molar-refractivity contribution is 5.78. The zero-order valence-corrected chi connectivity index (χ0v) is 8.66. The van der Waals surface area contributed by atoms with E-state index < -0.39 is 5.97 Å². The first-order chi connectivity index (χ1) is 6.69. The van der Waals surface area contributed by atoms with Crippen LogP contribution in [-0.4, -0.2) is 24.3 Å². The molecule has 2 fully saturated rings. The molecular formula is C11H18O3. The van der Waals surface area contributed by atoms with Crippen LogP contribution in [0.15, 0.2) is 0 Å². The number of rotatable bonds is 3. The lowest BCUT2D eigenvalue weighted by Crippen LogP contribution is -2.32. The first kappa shape index (κ1) is 9.97. The van der Waals surface area contributed by atoms with Gasteiger partial charge in [-0.1, -0.05) is 6.42 Å². The Morgan fingerprint density at radius 3 is 2.64 bits per heavy atom. The summed E-state index contributed by atoms with van der Waals surface area (Å²) in [4.78, 5) is 11.1. The number of carbonyl (C=O) groups is 1. The van der Waals surface area contributed by atoms with Gasteiger partial charge in [-0.25, -0.2) is 0 Å². The Hall–Kier alpha value is -0.570. The largest absolute Gasteiger partial charge is 0.481 e. The summed E-state index contributed by atoms with van der Waals surface area (Å²) >= 11 is 0. The minimum Gasteiger partial charge on any atom is -0.481 e. The predicted molar refractivity (Wildman–Crippen MR) is 52.1 cm³/mol. The van der Waals surface area contributed by atoms with Gasteiger partial charge in [-0.2, -0.15) is 0 Å². The van der Waals surface area contributed by atoms with E-state index in [0.717, 1.165) is 38.5 Å². The predicted octanol–water partition coefficient (Wildman–Crippen LogP) is 2.06. The Kier molecular flexibility index (Phi) is 2.52. The summed E-state index contributed by atoms with van der Waals surface area (Å²) in [5.74, 6) is -0.224. The quantitative estimate of drug-likeness (QED) is 0.755. The Labute approximate surface area is 84.4 Å². The molecule has 0 aromatic carbocycles. The fourth-order valence-corrected chi connectivity index (χ4v) is 2.79. The van der Waals surface area contributed by atoms with Crippen molar-refractivity contribution in [2.45, 2.75) is 44.6 Å². The van der Waals surface area contributed by atoms with Crippen molar-refractivity contribution in [1.29, 1.82) is 0 Å². The number of hydrogen-bond acceptors (Lipinski definition) is 2. The number of carboxylic acid groups (broad SMARTS) is 1. The molecular weight excluding hydrogens is 180 g/mol. The standard InChI is InChI=1S/C11H18O3/c1-14-9-4-2-3-8(7-9)11(5-6-11)10(12)13/h8-9H,2-7H2,1H3,(H,12,13). The lowest BCUT2D eigenvalue weighted by atomic mass is 9.76. The van der Waals surface area contributed by atoms with Crippen LogP contribution in [0.5, 0.6) is 0 Å². The van der Waals surface area contributed by atoms with Crippen molar-refractivity contribution < 1.29 is 14.6 Å². The van der Waals surface area contributed by atoms with E-state index in [0.29, 0.717) is 12.0 Å². The van der Waals surface area contributed by atoms with Crippen molar-refractivity contribution in [2.75, 3.05) is 7.11 Å². The number of ether oxygens (including phenoxy) is 1. The van der Waals surface area contributed by atoms with Crippen LogP contribution in [0.3, 0.4) is 0 Å². The summed E-state index contributed by atoms with van der Waals surface area (Å²) in [5, 5.41) is 9.17. The molecule has 80 valence electrons. The van der Waals surface area contributed by atoms with Gasteiger partial charge >= 0.3 is 5.97 Å². The third-order valence-corrected chi connectivity index (χ3v) is 3.96. The van der Waals surface area contributed by atoms with E-state index in [1.165, 1.54) is 0 Å². The maximum Gasteiger partial charge on any atom is 0.309 e. The molecule has 0 aromatic rings. The average molecular weight is 198 g/mol. The molecule has 0 heterocycles. The summed E-state index contributed by atoms with van der Waals surface area (Å²) in [6.45, 7) is 0. The maximum atomic E-state index is 11.1. The van der Waals surface area contributed by atoms with E-state index in [4.69, 9.17) is 4.74 Å². The molecule has 0 radical (unpaired) electrons. The van der Waals surface area contributed by atoms with Crippen LogP contribution in [0.1, 0.15) is 38.5 Å². The van der Waals surface area contributed by atoms with E-state index in [9.17, 15) is 9.90 Å². The molecule has 0 aromatic heterocycles. The minimum absolute atomic E-state index is 0.297. The van der Waals surface area contributed by atoms with Gasteiger partial charge in [0.15, 0.2) is 0 Å². The highest BCUT2D eigenvalue weighted by Gasteiger charge is 2.56. The zero-order chi connectivity index (χ0) is 10.2. The van der Waals surface area contributed by atoms with Crippen molar-refractivity contribution >= 4 is 5.97 Å². The summed E-state index contributed by atoms with van der Waals surface area (Å²) in [5.41, 5.74) is -0.364. The second kappa shape index (κ2) is 3.54. The molecule has 3 heteroatoms. The second-order valence-corrected chi connectivity index (χ2v) is 4.68. The van der Waals surface area contributed by atoms with E-state index in [2.05, 4.69) is 0 Å². The molecule has 1 N–H and O–H groups in total. The monoisotopic (exact) mass is 198 g/mol. The second-order valence-electron chi connectivity index (χ2n) is 4.68. The van der Waals surface area contributed by atoms with E-state index in [-0.39, 0.29) is 5.41 Å². The molecule has 2 atom stereocenters. The average Bonchev–Trinajstić information content (AvgIpc) is 2.98. The lowest BCUT2D eigenvalue weighted by molar-refractivity contribution is -0.147. The SMILES string of the molecule is COC1CCCC(C2(C(=O)O)CC2)C1. The molecule has 0 aliphatic heterocycles. The van der Waals surface area contributed by atoms with Gasteiger partial charge in [0.25, 0.3) is 0 Å². The molecule has 14 heavy (non-hydrogen) atoms. The van der Waals surface area contributed by atoms with Crippen molar-refractivity contribution in [3.63, 3.8) is 0 Å². The van der Waals surface area contributed by atoms with Crippen LogP contribution in [0.25, 0.3) is 0 Å². The number of methoxy groups -OCH3 is 1. The molecule has 0 bridgehead atoms. The fourth-order valence-electron chi connectivity index (χ4n) is 2.79. The number of carboxylic acids is 1. The van der Waals surface area contributed by atoms with Gasteiger partial charge in [-0.15, -0.1) is 0 Å². The van der Waals surface area contributed by atoms with Crippen LogP contribution in [0, 0.1) is 11.3 Å². The molecule has 2 aliphatic carbocycles. The molecule has 2 unspecified atom stereocenters. The van der Waals surface area contributed by atoms with E-state index >= 15 is 0 Å². The molecule has 0 amide bonds. The molecule has 0 saturated heterocycles. The van der Waals surface area contributed by atoms with Crippen molar-refractivity contribution in [2.24, 2.45) is 11.3 Å².